The number of nitrogens with zero attached hydrogens (tertiary/aromatic N) is 2. The van der Waals surface area contributed by atoms with Crippen LogP contribution in [-0.4, -0.2) is 45.8 Å². The molecule has 0 amide bonds. The van der Waals surface area contributed by atoms with Gasteiger partial charge in [0.25, 0.3) is 0 Å². The summed E-state index contributed by atoms with van der Waals surface area (Å²) >= 11 is 0. The summed E-state index contributed by atoms with van der Waals surface area (Å²) in [6.45, 7) is 4.51. The SMILES string of the molecule is CCOc1ccc(C(=O)O)cc1-c1cc(-c2ccccc2OC)n(CC(O)CC)n1. The fourth-order valence-corrected chi connectivity index (χ4v) is 3.23. The lowest BCUT2D eigenvalue weighted by Gasteiger charge is -2.13. The number of hydrogen-bond donors (Lipinski definition) is 2. The molecule has 0 fully saturated rings. The normalized spacial score (nSPS) is 11.9. The van der Waals surface area contributed by atoms with Gasteiger partial charge < -0.3 is 19.7 Å². The van der Waals surface area contributed by atoms with Gasteiger partial charge in [-0.05, 0) is 49.7 Å². The zero-order chi connectivity index (χ0) is 21.7. The van der Waals surface area contributed by atoms with Crippen molar-refractivity contribution in [3.63, 3.8) is 0 Å². The first-order valence-electron chi connectivity index (χ1n) is 9.88. The Morgan fingerprint density at radius 1 is 1.10 bits per heavy atom. The number of carboxylic acid groups (broad SMARTS) is 1. The number of hydrogen-bond acceptors (Lipinski definition) is 5. The Balaban J connectivity index is 2.19. The van der Waals surface area contributed by atoms with E-state index in [2.05, 4.69) is 0 Å². The first-order chi connectivity index (χ1) is 14.5. The molecule has 1 aromatic heterocycles. The standard InChI is InChI=1S/C23H26N2O5/c1-4-16(26)14-25-20(17-8-6-7-9-21(17)29-3)13-19(24-25)18-12-15(23(27)28)10-11-22(18)30-5-2/h6-13,16,26H,4-5,14H2,1-3H3,(H,27,28). The van der Waals surface area contributed by atoms with Crippen LogP contribution in [0.4, 0.5) is 0 Å². The van der Waals surface area contributed by atoms with Crippen molar-refractivity contribution in [1.82, 2.24) is 9.78 Å². The monoisotopic (exact) mass is 410 g/mol. The van der Waals surface area contributed by atoms with Crippen molar-refractivity contribution in [2.75, 3.05) is 13.7 Å². The molecule has 158 valence electrons. The number of methoxy groups -OCH3 is 1. The molecule has 7 nitrogen and oxygen atoms in total. The van der Waals surface area contributed by atoms with Crippen LogP contribution in [0.3, 0.4) is 0 Å². The number of aromatic carboxylic acids is 1. The molecule has 0 aliphatic rings. The molecule has 1 atom stereocenters. The van der Waals surface area contributed by atoms with Gasteiger partial charge in [-0.3, -0.25) is 4.68 Å². The number of rotatable bonds is 9. The van der Waals surface area contributed by atoms with Crippen molar-refractivity contribution < 1.29 is 24.5 Å². The highest BCUT2D eigenvalue weighted by atomic mass is 16.5. The van der Waals surface area contributed by atoms with E-state index >= 15 is 0 Å². The molecule has 0 radical (unpaired) electrons. The molecule has 30 heavy (non-hydrogen) atoms. The van der Waals surface area contributed by atoms with E-state index < -0.39 is 12.1 Å². The Kier molecular flexibility index (Phi) is 6.74. The van der Waals surface area contributed by atoms with Crippen LogP contribution in [0.15, 0.2) is 48.5 Å². The summed E-state index contributed by atoms with van der Waals surface area (Å²) < 4.78 is 12.9. The molecule has 0 aliphatic carbocycles. The second-order valence-electron chi connectivity index (χ2n) is 6.81. The smallest absolute Gasteiger partial charge is 0.335 e. The maximum atomic E-state index is 11.5. The molecule has 3 aromatic rings. The highest BCUT2D eigenvalue weighted by molar-refractivity contribution is 5.90. The minimum Gasteiger partial charge on any atom is -0.496 e. The van der Waals surface area contributed by atoms with E-state index in [1.807, 2.05) is 44.2 Å². The highest BCUT2D eigenvalue weighted by Crippen LogP contribution is 2.36. The number of aliphatic hydroxyl groups is 1. The van der Waals surface area contributed by atoms with Crippen molar-refractivity contribution >= 4 is 5.97 Å². The third kappa shape index (κ3) is 4.46. The molecule has 0 aliphatic heterocycles. The fourth-order valence-electron chi connectivity index (χ4n) is 3.23. The number of benzene rings is 2. The van der Waals surface area contributed by atoms with Gasteiger partial charge in [0.2, 0.25) is 0 Å². The second kappa shape index (κ2) is 9.45. The summed E-state index contributed by atoms with van der Waals surface area (Å²) in [5.74, 6) is 0.209. The summed E-state index contributed by atoms with van der Waals surface area (Å²) in [7, 11) is 1.60. The Morgan fingerprint density at radius 3 is 2.53 bits per heavy atom. The molecule has 2 aromatic carbocycles. The molecule has 1 heterocycles. The third-order valence-electron chi connectivity index (χ3n) is 4.82. The van der Waals surface area contributed by atoms with Crippen molar-refractivity contribution in [3.8, 4) is 34.0 Å². The summed E-state index contributed by atoms with van der Waals surface area (Å²) in [6, 6.07) is 14.1. The van der Waals surface area contributed by atoms with E-state index in [9.17, 15) is 15.0 Å². The average molecular weight is 410 g/mol. The maximum absolute atomic E-state index is 11.5. The van der Waals surface area contributed by atoms with E-state index in [4.69, 9.17) is 14.6 Å². The molecule has 1 unspecified atom stereocenters. The minimum atomic E-state index is -1.02. The van der Waals surface area contributed by atoms with Gasteiger partial charge in [-0.1, -0.05) is 19.1 Å². The Bertz CT molecular complexity index is 1030. The van der Waals surface area contributed by atoms with E-state index in [-0.39, 0.29) is 5.56 Å². The highest BCUT2D eigenvalue weighted by Gasteiger charge is 2.20. The molecule has 0 saturated carbocycles. The summed E-state index contributed by atoms with van der Waals surface area (Å²) in [5.41, 5.74) is 2.88. The lowest BCUT2D eigenvalue weighted by Crippen LogP contribution is -2.16. The van der Waals surface area contributed by atoms with Crippen LogP contribution in [0.1, 0.15) is 30.6 Å². The number of para-hydroxylation sites is 1. The van der Waals surface area contributed by atoms with E-state index in [1.54, 1.807) is 23.9 Å². The van der Waals surface area contributed by atoms with Crippen LogP contribution in [-0.2, 0) is 6.54 Å². The van der Waals surface area contributed by atoms with Crippen LogP contribution in [0.2, 0.25) is 0 Å². The van der Waals surface area contributed by atoms with Gasteiger partial charge in [-0.25, -0.2) is 4.79 Å². The van der Waals surface area contributed by atoms with E-state index in [0.29, 0.717) is 42.3 Å². The molecule has 0 bridgehead atoms. The zero-order valence-electron chi connectivity index (χ0n) is 17.3. The van der Waals surface area contributed by atoms with Crippen molar-refractivity contribution in [2.24, 2.45) is 0 Å². The van der Waals surface area contributed by atoms with Gasteiger partial charge in [0, 0.05) is 11.1 Å². The minimum absolute atomic E-state index is 0.149. The fraction of sp³-hybridized carbons (Fsp3) is 0.304. The Morgan fingerprint density at radius 2 is 1.87 bits per heavy atom. The molecule has 0 saturated heterocycles. The predicted octanol–water partition coefficient (Wildman–Crippen LogP) is 4.09. The number of carboxylic acids is 1. The number of aromatic nitrogens is 2. The van der Waals surface area contributed by atoms with Crippen molar-refractivity contribution in [3.05, 3.63) is 54.1 Å². The lowest BCUT2D eigenvalue weighted by atomic mass is 10.0. The molecule has 0 spiro atoms. The molecule has 2 N–H and O–H groups in total. The van der Waals surface area contributed by atoms with Crippen molar-refractivity contribution in [2.45, 2.75) is 32.9 Å². The van der Waals surface area contributed by atoms with Gasteiger partial charge in [0.15, 0.2) is 0 Å². The summed E-state index contributed by atoms with van der Waals surface area (Å²) in [5, 5.41) is 24.4. The van der Waals surface area contributed by atoms with Gasteiger partial charge >= 0.3 is 5.97 Å². The van der Waals surface area contributed by atoms with Crippen molar-refractivity contribution in [1.29, 1.82) is 0 Å². The largest absolute Gasteiger partial charge is 0.496 e. The number of aliphatic hydroxyl groups excluding tert-OH is 1. The Hall–Kier alpha value is -3.32. The van der Waals surface area contributed by atoms with Crippen LogP contribution < -0.4 is 9.47 Å². The average Bonchev–Trinajstić information content (AvgIpc) is 3.17. The summed E-state index contributed by atoms with van der Waals surface area (Å²) in [4.78, 5) is 11.5. The zero-order valence-corrected chi connectivity index (χ0v) is 17.3. The van der Waals surface area contributed by atoms with Gasteiger partial charge in [-0.15, -0.1) is 0 Å². The number of ether oxygens (including phenoxy) is 2. The first kappa shape index (κ1) is 21.4. The molecular weight excluding hydrogens is 384 g/mol. The molecule has 3 rings (SSSR count). The van der Waals surface area contributed by atoms with Gasteiger partial charge in [0.05, 0.1) is 43.3 Å². The van der Waals surface area contributed by atoms with Crippen LogP contribution in [0.5, 0.6) is 11.5 Å². The van der Waals surface area contributed by atoms with Crippen LogP contribution in [0, 0.1) is 0 Å². The van der Waals surface area contributed by atoms with Gasteiger partial charge in [0.1, 0.15) is 11.5 Å². The van der Waals surface area contributed by atoms with Crippen LogP contribution in [0.25, 0.3) is 22.5 Å². The maximum Gasteiger partial charge on any atom is 0.335 e. The van der Waals surface area contributed by atoms with Crippen LogP contribution >= 0.6 is 0 Å². The molecule has 7 heteroatoms. The molecular formula is C23H26N2O5. The Labute approximate surface area is 175 Å². The second-order valence-corrected chi connectivity index (χ2v) is 6.81. The number of carbonyl (C=O) groups is 1. The topological polar surface area (TPSA) is 93.8 Å². The van der Waals surface area contributed by atoms with Gasteiger partial charge in [-0.2, -0.15) is 5.10 Å². The van der Waals surface area contributed by atoms with E-state index in [1.165, 1.54) is 6.07 Å². The van der Waals surface area contributed by atoms with E-state index in [0.717, 1.165) is 11.3 Å². The summed E-state index contributed by atoms with van der Waals surface area (Å²) in [6.07, 6.45) is 0.0159. The predicted molar refractivity (Wildman–Crippen MR) is 114 cm³/mol. The quantitative estimate of drug-likeness (QED) is 0.552. The third-order valence-corrected chi connectivity index (χ3v) is 4.82. The lowest BCUT2D eigenvalue weighted by molar-refractivity contribution is 0.0697. The first-order valence-corrected chi connectivity index (χ1v) is 9.88.